The molecule has 0 radical (unpaired) electrons. The monoisotopic (exact) mass is 354 g/mol. The van der Waals surface area contributed by atoms with E-state index in [2.05, 4.69) is 17.6 Å². The van der Waals surface area contributed by atoms with Gasteiger partial charge < -0.3 is 20.1 Å². The summed E-state index contributed by atoms with van der Waals surface area (Å²) in [6.45, 7) is 2.43. The number of benzene rings is 2. The molecule has 0 fully saturated rings. The number of carbonyl (C=O) groups is 1. The highest BCUT2D eigenvalue weighted by atomic mass is 16.5. The number of anilines is 1. The molecule has 2 aromatic rings. The van der Waals surface area contributed by atoms with Crippen molar-refractivity contribution in [3.8, 4) is 5.75 Å². The molecule has 5 heteroatoms. The van der Waals surface area contributed by atoms with Gasteiger partial charge in [-0.1, -0.05) is 43.7 Å². The molecule has 0 saturated carbocycles. The molecule has 0 aliphatic carbocycles. The van der Waals surface area contributed by atoms with Crippen molar-refractivity contribution in [3.05, 3.63) is 59.7 Å². The molecular weight excluding hydrogens is 328 g/mol. The van der Waals surface area contributed by atoms with E-state index in [4.69, 9.17) is 9.47 Å². The molecule has 2 N–H and O–H groups in total. The minimum absolute atomic E-state index is 0.0961. The van der Waals surface area contributed by atoms with E-state index in [1.54, 1.807) is 7.11 Å². The Labute approximate surface area is 154 Å². The zero-order valence-electron chi connectivity index (χ0n) is 15.3. The Hall–Kier alpha value is -2.69. The zero-order valence-corrected chi connectivity index (χ0v) is 15.3. The summed E-state index contributed by atoms with van der Waals surface area (Å²) in [7, 11) is 1.65. The molecule has 0 unspecified atom stereocenters. The SMILES string of the molecule is CCC[C@@H]1C[C@H](NC(=O)OCc2ccccc2)c2cc(OC)ccc2N1. The van der Waals surface area contributed by atoms with Gasteiger partial charge in [0, 0.05) is 17.3 Å². The van der Waals surface area contributed by atoms with E-state index < -0.39 is 6.09 Å². The molecule has 1 heterocycles. The van der Waals surface area contributed by atoms with Crippen molar-refractivity contribution >= 4 is 11.8 Å². The van der Waals surface area contributed by atoms with Gasteiger partial charge in [0.05, 0.1) is 13.2 Å². The third kappa shape index (κ3) is 4.48. The fraction of sp³-hybridized carbons (Fsp3) is 0.381. The van der Waals surface area contributed by atoms with Crippen molar-refractivity contribution in [2.24, 2.45) is 0 Å². The molecule has 5 nitrogen and oxygen atoms in total. The molecule has 0 spiro atoms. The number of alkyl carbamates (subject to hydrolysis) is 1. The van der Waals surface area contributed by atoms with E-state index in [9.17, 15) is 4.79 Å². The van der Waals surface area contributed by atoms with Crippen LogP contribution in [0.4, 0.5) is 10.5 Å². The van der Waals surface area contributed by atoms with Gasteiger partial charge in [0.15, 0.2) is 0 Å². The van der Waals surface area contributed by atoms with E-state index >= 15 is 0 Å². The predicted molar refractivity (Wildman–Crippen MR) is 102 cm³/mol. The van der Waals surface area contributed by atoms with Crippen LogP contribution < -0.4 is 15.4 Å². The van der Waals surface area contributed by atoms with Crippen LogP contribution in [0.2, 0.25) is 0 Å². The second-order valence-electron chi connectivity index (χ2n) is 6.58. The van der Waals surface area contributed by atoms with Gasteiger partial charge in [-0.25, -0.2) is 4.79 Å². The summed E-state index contributed by atoms with van der Waals surface area (Å²) in [5.74, 6) is 0.781. The van der Waals surface area contributed by atoms with Crippen LogP contribution in [-0.4, -0.2) is 19.2 Å². The molecule has 0 saturated heterocycles. The normalized spacial score (nSPS) is 18.4. The fourth-order valence-corrected chi connectivity index (χ4v) is 3.36. The van der Waals surface area contributed by atoms with Crippen LogP contribution >= 0.6 is 0 Å². The zero-order chi connectivity index (χ0) is 18.4. The molecule has 0 aromatic heterocycles. The Morgan fingerprint density at radius 1 is 1.23 bits per heavy atom. The summed E-state index contributed by atoms with van der Waals surface area (Å²) >= 11 is 0. The summed E-state index contributed by atoms with van der Waals surface area (Å²) in [5, 5.41) is 6.59. The number of fused-ring (bicyclic) bond motifs is 1. The molecule has 3 rings (SSSR count). The standard InChI is InChI=1S/C21H26N2O3/c1-3-7-16-12-20(18-13-17(25-2)10-11-19(18)22-16)23-21(24)26-14-15-8-5-4-6-9-15/h4-6,8-11,13,16,20,22H,3,7,12,14H2,1-2H3,(H,23,24)/t16-,20+/m1/s1. The van der Waals surface area contributed by atoms with Crippen LogP contribution in [0, 0.1) is 0 Å². The first-order valence-electron chi connectivity index (χ1n) is 9.11. The number of amides is 1. The largest absolute Gasteiger partial charge is 0.497 e. The molecule has 26 heavy (non-hydrogen) atoms. The van der Waals surface area contributed by atoms with E-state index in [0.717, 1.165) is 41.8 Å². The Kier molecular flexibility index (Phi) is 6.00. The quantitative estimate of drug-likeness (QED) is 0.793. The van der Waals surface area contributed by atoms with Gasteiger partial charge in [-0.3, -0.25) is 0 Å². The van der Waals surface area contributed by atoms with Crippen molar-refractivity contribution in [2.45, 2.75) is 44.9 Å². The summed E-state index contributed by atoms with van der Waals surface area (Å²) in [6, 6.07) is 15.8. The first-order valence-corrected chi connectivity index (χ1v) is 9.11. The van der Waals surface area contributed by atoms with Gasteiger partial charge in [-0.2, -0.15) is 0 Å². The lowest BCUT2D eigenvalue weighted by Crippen LogP contribution is -2.37. The van der Waals surface area contributed by atoms with Crippen LogP contribution in [0.5, 0.6) is 5.75 Å². The van der Waals surface area contributed by atoms with Gasteiger partial charge in [-0.15, -0.1) is 0 Å². The topological polar surface area (TPSA) is 59.6 Å². The Morgan fingerprint density at radius 3 is 2.77 bits per heavy atom. The van der Waals surface area contributed by atoms with Gasteiger partial charge in [0.25, 0.3) is 0 Å². The van der Waals surface area contributed by atoms with Crippen LogP contribution in [0.3, 0.4) is 0 Å². The van der Waals surface area contributed by atoms with Crippen LogP contribution in [-0.2, 0) is 11.3 Å². The minimum Gasteiger partial charge on any atom is -0.497 e. The van der Waals surface area contributed by atoms with Crippen molar-refractivity contribution in [2.75, 3.05) is 12.4 Å². The summed E-state index contributed by atoms with van der Waals surface area (Å²) in [5.41, 5.74) is 3.05. The highest BCUT2D eigenvalue weighted by Gasteiger charge is 2.28. The molecular formula is C21H26N2O3. The van der Waals surface area contributed by atoms with Gasteiger partial charge >= 0.3 is 6.09 Å². The Morgan fingerprint density at radius 2 is 2.04 bits per heavy atom. The summed E-state index contributed by atoms with van der Waals surface area (Å²) in [6.07, 6.45) is 2.58. The number of hydrogen-bond acceptors (Lipinski definition) is 4. The van der Waals surface area contributed by atoms with Crippen molar-refractivity contribution in [1.29, 1.82) is 0 Å². The van der Waals surface area contributed by atoms with Crippen LogP contribution in [0.1, 0.15) is 43.4 Å². The molecule has 0 bridgehead atoms. The van der Waals surface area contributed by atoms with E-state index in [1.165, 1.54) is 0 Å². The molecule has 2 aromatic carbocycles. The van der Waals surface area contributed by atoms with Gasteiger partial charge in [0.1, 0.15) is 12.4 Å². The van der Waals surface area contributed by atoms with Crippen molar-refractivity contribution in [1.82, 2.24) is 5.32 Å². The number of methoxy groups -OCH3 is 1. The van der Waals surface area contributed by atoms with Crippen LogP contribution in [0.25, 0.3) is 0 Å². The maximum atomic E-state index is 12.3. The van der Waals surface area contributed by atoms with Gasteiger partial charge in [0.2, 0.25) is 0 Å². The lowest BCUT2D eigenvalue weighted by molar-refractivity contribution is 0.134. The number of hydrogen-bond donors (Lipinski definition) is 2. The second kappa shape index (κ2) is 8.61. The van der Waals surface area contributed by atoms with E-state index in [-0.39, 0.29) is 12.6 Å². The Bertz CT molecular complexity index is 733. The van der Waals surface area contributed by atoms with Crippen molar-refractivity contribution in [3.63, 3.8) is 0 Å². The highest BCUT2D eigenvalue weighted by molar-refractivity contribution is 5.69. The Balaban J connectivity index is 1.69. The number of rotatable bonds is 6. The van der Waals surface area contributed by atoms with Crippen molar-refractivity contribution < 1.29 is 14.3 Å². The third-order valence-electron chi connectivity index (χ3n) is 4.66. The lowest BCUT2D eigenvalue weighted by atomic mass is 9.91. The molecule has 2 atom stereocenters. The summed E-state index contributed by atoms with van der Waals surface area (Å²) in [4.78, 5) is 12.3. The fourth-order valence-electron chi connectivity index (χ4n) is 3.36. The van der Waals surface area contributed by atoms with E-state index in [0.29, 0.717) is 6.04 Å². The second-order valence-corrected chi connectivity index (χ2v) is 6.58. The predicted octanol–water partition coefficient (Wildman–Crippen LogP) is 4.65. The molecule has 138 valence electrons. The molecule has 1 aliphatic heterocycles. The smallest absolute Gasteiger partial charge is 0.407 e. The number of ether oxygens (including phenoxy) is 2. The highest BCUT2D eigenvalue weighted by Crippen LogP contribution is 2.36. The number of carbonyl (C=O) groups excluding carboxylic acids is 1. The average molecular weight is 354 g/mol. The average Bonchev–Trinajstić information content (AvgIpc) is 2.67. The van der Waals surface area contributed by atoms with E-state index in [1.807, 2.05) is 48.5 Å². The minimum atomic E-state index is -0.398. The molecule has 1 aliphatic rings. The number of nitrogens with one attached hydrogen (secondary N) is 2. The third-order valence-corrected chi connectivity index (χ3v) is 4.66. The summed E-state index contributed by atoms with van der Waals surface area (Å²) < 4.78 is 10.7. The first-order chi connectivity index (χ1) is 12.7. The molecule has 1 amide bonds. The lowest BCUT2D eigenvalue weighted by Gasteiger charge is -2.33. The van der Waals surface area contributed by atoms with Crippen LogP contribution in [0.15, 0.2) is 48.5 Å². The maximum absolute atomic E-state index is 12.3. The maximum Gasteiger partial charge on any atom is 0.407 e. The van der Waals surface area contributed by atoms with Gasteiger partial charge in [-0.05, 0) is 36.6 Å². The first kappa shape index (κ1) is 18.1.